The fraction of sp³-hybridized carbons (Fsp3) is 0.381. The first-order valence-electron chi connectivity index (χ1n) is 9.54. The number of hydrazone groups is 1. The zero-order valence-corrected chi connectivity index (χ0v) is 18.5. The van der Waals surface area contributed by atoms with E-state index >= 15 is 0 Å². The lowest BCUT2D eigenvalue weighted by atomic mass is 10.0. The van der Waals surface area contributed by atoms with Gasteiger partial charge in [-0.3, -0.25) is 9.99 Å². The molecule has 0 saturated carbocycles. The molecule has 0 radical (unpaired) electrons. The van der Waals surface area contributed by atoms with Gasteiger partial charge in [0.25, 0.3) is 0 Å². The summed E-state index contributed by atoms with van der Waals surface area (Å²) in [5.41, 5.74) is 2.17. The lowest BCUT2D eigenvalue weighted by Crippen LogP contribution is -2.47. The number of hydrazine groups is 1. The van der Waals surface area contributed by atoms with Crippen molar-refractivity contribution >= 4 is 17.5 Å². The van der Waals surface area contributed by atoms with Crippen molar-refractivity contribution in [3.63, 3.8) is 0 Å². The molecule has 0 unspecified atom stereocenters. The van der Waals surface area contributed by atoms with Gasteiger partial charge in [-0.15, -0.1) is 0 Å². The fourth-order valence-electron chi connectivity index (χ4n) is 2.28. The topological polar surface area (TPSA) is 107 Å². The number of ether oxygens (including phenoxy) is 1. The number of rotatable bonds is 4. The molecule has 0 fully saturated rings. The van der Waals surface area contributed by atoms with E-state index in [4.69, 9.17) is 16.4 Å². The van der Waals surface area contributed by atoms with Gasteiger partial charge in [-0.1, -0.05) is 33.8 Å². The average molecular weight is 424 g/mol. The predicted molar refractivity (Wildman–Crippen MR) is 117 cm³/mol. The molecule has 1 heterocycles. The monoisotopic (exact) mass is 423 g/mol. The number of carbonyl (C=O) groups excluding carboxylic acids is 1. The second kappa shape index (κ2) is 12.5. The van der Waals surface area contributed by atoms with Crippen molar-refractivity contribution in [1.82, 2.24) is 4.98 Å². The second-order valence-corrected chi connectivity index (χ2v) is 5.69. The zero-order chi connectivity index (χ0) is 23.5. The van der Waals surface area contributed by atoms with Gasteiger partial charge >= 0.3 is 11.9 Å². The number of hydrogen-bond acceptors (Lipinski definition) is 6. The van der Waals surface area contributed by atoms with Crippen molar-refractivity contribution in [2.75, 3.05) is 12.1 Å². The zero-order valence-electron chi connectivity index (χ0n) is 18.5. The Morgan fingerprint density at radius 3 is 2.20 bits per heavy atom. The number of methoxy groups -OCH3 is 1. The first kappa shape index (κ1) is 26.9. The van der Waals surface area contributed by atoms with Crippen LogP contribution in [0.1, 0.15) is 50.5 Å². The minimum absolute atomic E-state index is 0.0796. The van der Waals surface area contributed by atoms with Gasteiger partial charge in [0, 0.05) is 18.7 Å². The lowest BCUT2D eigenvalue weighted by molar-refractivity contribution is 0.0600. The quantitative estimate of drug-likeness (QED) is 0.246. The number of carbonyl (C=O) groups is 1. The highest BCUT2D eigenvalue weighted by Gasteiger charge is 2.34. The Kier molecular flexibility index (Phi) is 11.2. The van der Waals surface area contributed by atoms with E-state index in [0.717, 1.165) is 5.56 Å². The van der Waals surface area contributed by atoms with Crippen molar-refractivity contribution < 1.29 is 18.3 Å². The molecule has 1 aromatic heterocycles. The number of anilines is 1. The van der Waals surface area contributed by atoms with Gasteiger partial charge in [-0.2, -0.15) is 13.9 Å². The molecule has 0 saturated heterocycles. The van der Waals surface area contributed by atoms with Crippen LogP contribution in [-0.4, -0.2) is 29.8 Å². The minimum atomic E-state index is -3.38. The number of aromatic nitrogens is 1. The molecule has 2 rings (SSSR count). The molecule has 0 amide bonds. The third kappa shape index (κ3) is 7.07. The van der Waals surface area contributed by atoms with Crippen molar-refractivity contribution in [2.24, 2.45) is 16.8 Å². The number of pyridine rings is 1. The molecule has 166 valence electrons. The van der Waals surface area contributed by atoms with Crippen molar-refractivity contribution in [2.45, 2.75) is 47.5 Å². The molecule has 1 aromatic carbocycles. The highest BCUT2D eigenvalue weighted by atomic mass is 19.3. The summed E-state index contributed by atoms with van der Waals surface area (Å²) < 4.78 is 32.1. The van der Waals surface area contributed by atoms with Crippen LogP contribution in [0.15, 0.2) is 41.6 Å². The molecule has 0 spiro atoms. The van der Waals surface area contributed by atoms with Gasteiger partial charge in [0.2, 0.25) is 5.84 Å². The Labute approximate surface area is 176 Å². The van der Waals surface area contributed by atoms with E-state index in [-0.39, 0.29) is 11.3 Å². The van der Waals surface area contributed by atoms with Crippen LogP contribution in [0, 0.1) is 6.92 Å². The maximum Gasteiger partial charge on any atom is 0.337 e. The van der Waals surface area contributed by atoms with Crippen molar-refractivity contribution in [1.29, 1.82) is 0 Å². The third-order valence-electron chi connectivity index (χ3n) is 3.57. The van der Waals surface area contributed by atoms with Crippen LogP contribution in [0.5, 0.6) is 0 Å². The van der Waals surface area contributed by atoms with Crippen molar-refractivity contribution in [3.8, 4) is 11.3 Å². The molecule has 0 aliphatic rings. The fourth-order valence-corrected chi connectivity index (χ4v) is 2.28. The predicted octanol–water partition coefficient (Wildman–Crippen LogP) is 4.50. The molecule has 2 aromatic rings. The molecular weight excluding hydrogens is 392 g/mol. The largest absolute Gasteiger partial charge is 0.465 e. The summed E-state index contributed by atoms with van der Waals surface area (Å²) in [4.78, 5) is 16.2. The summed E-state index contributed by atoms with van der Waals surface area (Å²) in [7, 11) is 1.21. The number of aryl methyl sites for hydroxylation is 1. The van der Waals surface area contributed by atoms with Crippen LogP contribution in [0.4, 0.5) is 14.5 Å². The lowest BCUT2D eigenvalue weighted by Gasteiger charge is -2.24. The number of esters is 1. The molecule has 7 nitrogen and oxygen atoms in total. The average Bonchev–Trinajstić information content (AvgIpc) is 2.75. The molecule has 0 atom stereocenters. The molecule has 9 heteroatoms. The van der Waals surface area contributed by atoms with E-state index < -0.39 is 17.7 Å². The SMILES string of the molecule is CC.CC.COC(=O)c1cc(-c2ccc(C)cn2)cc(N(N)/C(=N\N)C(C)(F)F)c1. The van der Waals surface area contributed by atoms with Crippen LogP contribution < -0.4 is 16.7 Å². The van der Waals surface area contributed by atoms with Crippen LogP contribution in [-0.2, 0) is 4.74 Å². The molecule has 0 aliphatic carbocycles. The van der Waals surface area contributed by atoms with E-state index in [1.54, 1.807) is 12.3 Å². The highest BCUT2D eigenvalue weighted by Crippen LogP contribution is 2.28. The molecule has 30 heavy (non-hydrogen) atoms. The third-order valence-corrected chi connectivity index (χ3v) is 3.57. The Hall–Kier alpha value is -3.07. The Balaban J connectivity index is 0.00000198. The highest BCUT2D eigenvalue weighted by molar-refractivity contribution is 6.03. The minimum Gasteiger partial charge on any atom is -0.465 e. The van der Waals surface area contributed by atoms with Crippen LogP contribution in [0.3, 0.4) is 0 Å². The molecule has 0 aliphatic heterocycles. The molecule has 4 N–H and O–H groups in total. The summed E-state index contributed by atoms with van der Waals surface area (Å²) in [6.07, 6.45) is 1.65. The number of nitrogens with zero attached hydrogens (tertiary/aromatic N) is 3. The maximum atomic E-state index is 13.7. The number of benzene rings is 1. The van der Waals surface area contributed by atoms with Crippen LogP contribution >= 0.6 is 0 Å². The number of hydrogen-bond donors (Lipinski definition) is 2. The maximum absolute atomic E-state index is 13.7. The van der Waals surface area contributed by atoms with E-state index in [2.05, 4.69) is 10.1 Å². The van der Waals surface area contributed by atoms with Gasteiger partial charge in [-0.25, -0.2) is 10.6 Å². The Bertz CT molecular complexity index is 834. The Morgan fingerprint density at radius 2 is 1.77 bits per heavy atom. The van der Waals surface area contributed by atoms with E-state index in [1.807, 2.05) is 40.7 Å². The van der Waals surface area contributed by atoms with Gasteiger partial charge in [0.1, 0.15) is 0 Å². The second-order valence-electron chi connectivity index (χ2n) is 5.69. The Morgan fingerprint density at radius 1 is 1.17 bits per heavy atom. The molecule has 0 bridgehead atoms. The number of alkyl halides is 2. The van der Waals surface area contributed by atoms with Gasteiger partial charge < -0.3 is 10.6 Å². The summed E-state index contributed by atoms with van der Waals surface area (Å²) in [6, 6.07) is 7.91. The number of nitrogens with two attached hydrogens (primary N) is 2. The van der Waals surface area contributed by atoms with Crippen molar-refractivity contribution in [3.05, 3.63) is 47.7 Å². The van der Waals surface area contributed by atoms with E-state index in [0.29, 0.717) is 23.2 Å². The van der Waals surface area contributed by atoms with Crippen LogP contribution in [0.2, 0.25) is 0 Å². The number of halogens is 2. The summed E-state index contributed by atoms with van der Waals surface area (Å²) in [5.74, 6) is 5.97. The first-order chi connectivity index (χ1) is 14.2. The standard InChI is InChI=1S/C17H19F2N5O2.2C2H6/c1-10-4-5-14(22-9-10)11-6-12(15(25)26-3)8-13(7-11)24(21)16(23-20)17(2,18)19;2*1-2/h4-9H,20-21H2,1-3H3;2*1-2H3/b23-16-;;. The van der Waals surface area contributed by atoms with Gasteiger partial charge in [0.05, 0.1) is 24.1 Å². The van der Waals surface area contributed by atoms with Crippen LogP contribution in [0.25, 0.3) is 11.3 Å². The number of amidine groups is 1. The van der Waals surface area contributed by atoms with E-state index in [1.165, 1.54) is 25.3 Å². The summed E-state index contributed by atoms with van der Waals surface area (Å²) in [6.45, 7) is 10.5. The normalized spacial score (nSPS) is 10.8. The first-order valence-corrected chi connectivity index (χ1v) is 9.54. The van der Waals surface area contributed by atoms with Gasteiger partial charge in [-0.05, 0) is 36.8 Å². The van der Waals surface area contributed by atoms with Gasteiger partial charge in [0.15, 0.2) is 0 Å². The summed E-state index contributed by atoms with van der Waals surface area (Å²) >= 11 is 0. The van der Waals surface area contributed by atoms with E-state index in [9.17, 15) is 13.6 Å². The summed E-state index contributed by atoms with van der Waals surface area (Å²) in [5, 5.41) is 3.71. The molecular formula is C21H31F2N5O2. The smallest absolute Gasteiger partial charge is 0.337 e.